The van der Waals surface area contributed by atoms with Gasteiger partial charge in [0.1, 0.15) is 5.82 Å². The third kappa shape index (κ3) is 4.01. The van der Waals surface area contributed by atoms with Gasteiger partial charge in [0.2, 0.25) is 0 Å². The van der Waals surface area contributed by atoms with E-state index in [0.717, 1.165) is 29.6 Å². The van der Waals surface area contributed by atoms with Crippen LogP contribution < -0.4 is 5.32 Å². The van der Waals surface area contributed by atoms with Gasteiger partial charge < -0.3 is 10.1 Å². The average Bonchev–Trinajstić information content (AvgIpc) is 3.17. The lowest BCUT2D eigenvalue weighted by molar-refractivity contribution is 0.170. The summed E-state index contributed by atoms with van der Waals surface area (Å²) in [7, 11) is 1.74. The molecule has 19 heavy (non-hydrogen) atoms. The summed E-state index contributed by atoms with van der Waals surface area (Å²) in [6, 6.07) is 5.11. The molecule has 0 saturated heterocycles. The molecule has 106 valence electrons. The van der Waals surface area contributed by atoms with Crippen molar-refractivity contribution < 1.29 is 9.13 Å². The Bertz CT molecular complexity index is 434. The molecule has 1 aliphatic carbocycles. The zero-order valence-electron chi connectivity index (χ0n) is 11.5. The Labute approximate surface area is 122 Å². The number of halogens is 2. The average molecular weight is 330 g/mol. The van der Waals surface area contributed by atoms with Crippen LogP contribution in [0.4, 0.5) is 4.39 Å². The maximum absolute atomic E-state index is 13.8. The highest BCUT2D eigenvalue weighted by atomic mass is 79.9. The van der Waals surface area contributed by atoms with Gasteiger partial charge in [-0.05, 0) is 49.8 Å². The number of hydrogen-bond donors (Lipinski definition) is 1. The second-order valence-electron chi connectivity index (χ2n) is 5.51. The van der Waals surface area contributed by atoms with Crippen molar-refractivity contribution in [1.29, 1.82) is 0 Å². The summed E-state index contributed by atoms with van der Waals surface area (Å²) in [5.41, 5.74) is 1.10. The van der Waals surface area contributed by atoms with Crippen molar-refractivity contribution in [3.63, 3.8) is 0 Å². The van der Waals surface area contributed by atoms with Crippen molar-refractivity contribution in [2.75, 3.05) is 20.3 Å². The summed E-state index contributed by atoms with van der Waals surface area (Å²) < 4.78 is 19.8. The Morgan fingerprint density at radius 3 is 2.84 bits per heavy atom. The molecule has 0 heterocycles. The molecule has 1 fully saturated rings. The van der Waals surface area contributed by atoms with E-state index in [2.05, 4.69) is 21.2 Å². The lowest BCUT2D eigenvalue weighted by Crippen LogP contribution is -2.28. The molecule has 0 aromatic heterocycles. The first kappa shape index (κ1) is 14.9. The van der Waals surface area contributed by atoms with Gasteiger partial charge in [-0.25, -0.2) is 4.39 Å². The quantitative estimate of drug-likeness (QED) is 0.814. The molecule has 1 aromatic rings. The maximum Gasteiger partial charge on any atom is 0.128 e. The molecule has 0 amide bonds. The van der Waals surface area contributed by atoms with E-state index in [-0.39, 0.29) is 11.9 Å². The van der Waals surface area contributed by atoms with E-state index in [4.69, 9.17) is 4.74 Å². The van der Waals surface area contributed by atoms with Crippen LogP contribution in [0.5, 0.6) is 0 Å². The highest BCUT2D eigenvalue weighted by molar-refractivity contribution is 9.10. The molecule has 0 aliphatic heterocycles. The smallest absolute Gasteiger partial charge is 0.128 e. The largest absolute Gasteiger partial charge is 0.385 e. The number of ether oxygens (including phenoxy) is 1. The first-order chi connectivity index (χ1) is 9.06. The molecule has 0 radical (unpaired) electrons. The van der Waals surface area contributed by atoms with Crippen molar-refractivity contribution in [3.8, 4) is 0 Å². The van der Waals surface area contributed by atoms with E-state index in [1.165, 1.54) is 18.9 Å². The van der Waals surface area contributed by atoms with Crippen LogP contribution in [0.25, 0.3) is 0 Å². The fourth-order valence-electron chi connectivity index (χ4n) is 2.34. The molecule has 2 rings (SSSR count). The molecule has 1 unspecified atom stereocenters. The van der Waals surface area contributed by atoms with Crippen LogP contribution in [0.2, 0.25) is 0 Å². The Balaban J connectivity index is 1.90. The van der Waals surface area contributed by atoms with Gasteiger partial charge in [0, 0.05) is 36.3 Å². The van der Waals surface area contributed by atoms with Gasteiger partial charge in [-0.15, -0.1) is 0 Å². The Kier molecular flexibility index (Phi) is 4.98. The third-order valence-corrected chi connectivity index (χ3v) is 4.49. The minimum Gasteiger partial charge on any atom is -0.385 e. The van der Waals surface area contributed by atoms with Gasteiger partial charge >= 0.3 is 0 Å². The van der Waals surface area contributed by atoms with E-state index in [1.807, 2.05) is 13.0 Å². The molecule has 4 heteroatoms. The van der Waals surface area contributed by atoms with Crippen LogP contribution in [0.3, 0.4) is 0 Å². The zero-order valence-corrected chi connectivity index (χ0v) is 13.1. The van der Waals surface area contributed by atoms with Gasteiger partial charge in [0.25, 0.3) is 0 Å². The molecular weight excluding hydrogens is 309 g/mol. The van der Waals surface area contributed by atoms with Crippen molar-refractivity contribution in [2.24, 2.45) is 5.41 Å². The predicted molar refractivity (Wildman–Crippen MR) is 78.7 cm³/mol. The number of hydrogen-bond acceptors (Lipinski definition) is 2. The second kappa shape index (κ2) is 6.33. The lowest BCUT2D eigenvalue weighted by atomic mass is 10.0. The van der Waals surface area contributed by atoms with Crippen LogP contribution in [0, 0.1) is 11.2 Å². The van der Waals surface area contributed by atoms with Crippen molar-refractivity contribution in [3.05, 3.63) is 34.1 Å². The van der Waals surface area contributed by atoms with Crippen molar-refractivity contribution in [1.82, 2.24) is 5.32 Å². The summed E-state index contributed by atoms with van der Waals surface area (Å²) >= 11 is 3.39. The van der Waals surface area contributed by atoms with Crippen LogP contribution in [0.15, 0.2) is 22.7 Å². The van der Waals surface area contributed by atoms with Crippen molar-refractivity contribution in [2.45, 2.75) is 32.2 Å². The normalized spacial score (nSPS) is 18.3. The zero-order chi connectivity index (χ0) is 13.9. The van der Waals surface area contributed by atoms with E-state index >= 15 is 0 Å². The van der Waals surface area contributed by atoms with Gasteiger partial charge in [-0.3, -0.25) is 0 Å². The molecule has 0 spiro atoms. The van der Waals surface area contributed by atoms with Crippen LogP contribution in [-0.4, -0.2) is 20.3 Å². The van der Waals surface area contributed by atoms with E-state index in [0.29, 0.717) is 5.41 Å². The first-order valence-electron chi connectivity index (χ1n) is 6.74. The van der Waals surface area contributed by atoms with Crippen LogP contribution in [-0.2, 0) is 4.74 Å². The van der Waals surface area contributed by atoms with E-state index in [1.54, 1.807) is 13.2 Å². The predicted octanol–water partition coefficient (Wildman–Crippen LogP) is 4.06. The number of rotatable bonds is 7. The fourth-order valence-corrected chi connectivity index (χ4v) is 2.72. The van der Waals surface area contributed by atoms with Gasteiger partial charge in [-0.1, -0.05) is 15.9 Å². The molecule has 0 bridgehead atoms. The minimum atomic E-state index is -0.148. The summed E-state index contributed by atoms with van der Waals surface area (Å²) in [4.78, 5) is 0. The summed E-state index contributed by atoms with van der Waals surface area (Å²) in [5.74, 6) is -0.148. The Morgan fingerprint density at radius 2 is 2.21 bits per heavy atom. The summed E-state index contributed by atoms with van der Waals surface area (Å²) in [5, 5.41) is 3.46. The molecule has 1 aromatic carbocycles. The second-order valence-corrected chi connectivity index (χ2v) is 6.43. The standard InChI is InChI=1S/C15H21BrFNO/c1-11(13-9-12(16)3-4-14(13)17)18-10-15(5-6-15)7-8-19-2/h3-4,9,11,18H,5-8,10H2,1-2H3. The summed E-state index contributed by atoms with van der Waals surface area (Å²) in [6.45, 7) is 3.75. The number of methoxy groups -OCH3 is 1. The SMILES string of the molecule is COCCC1(CNC(C)c2cc(Br)ccc2F)CC1. The van der Waals surface area contributed by atoms with Gasteiger partial charge in [0.05, 0.1) is 0 Å². The molecular formula is C15H21BrFNO. The van der Waals surface area contributed by atoms with Crippen LogP contribution >= 0.6 is 15.9 Å². The van der Waals surface area contributed by atoms with Crippen LogP contribution in [0.1, 0.15) is 37.8 Å². The highest BCUT2D eigenvalue weighted by Crippen LogP contribution is 2.48. The molecule has 1 saturated carbocycles. The summed E-state index contributed by atoms with van der Waals surface area (Å²) in [6.07, 6.45) is 3.58. The van der Waals surface area contributed by atoms with E-state index in [9.17, 15) is 4.39 Å². The fraction of sp³-hybridized carbons (Fsp3) is 0.600. The maximum atomic E-state index is 13.8. The molecule has 1 N–H and O–H groups in total. The minimum absolute atomic E-state index is 0.0255. The highest BCUT2D eigenvalue weighted by Gasteiger charge is 2.41. The van der Waals surface area contributed by atoms with E-state index < -0.39 is 0 Å². The first-order valence-corrected chi connectivity index (χ1v) is 7.53. The van der Waals surface area contributed by atoms with Gasteiger partial charge in [0.15, 0.2) is 0 Å². The number of nitrogens with one attached hydrogen (secondary N) is 1. The lowest BCUT2D eigenvalue weighted by Gasteiger charge is -2.20. The topological polar surface area (TPSA) is 21.3 Å². The van der Waals surface area contributed by atoms with Gasteiger partial charge in [-0.2, -0.15) is 0 Å². The monoisotopic (exact) mass is 329 g/mol. The molecule has 1 aliphatic rings. The Hall–Kier alpha value is -0.450. The third-order valence-electron chi connectivity index (χ3n) is 4.00. The van der Waals surface area contributed by atoms with Crippen molar-refractivity contribution >= 4 is 15.9 Å². The molecule has 2 nitrogen and oxygen atoms in total. The number of benzene rings is 1. The Morgan fingerprint density at radius 1 is 1.47 bits per heavy atom. The molecule has 1 atom stereocenters.